The monoisotopic (exact) mass is 946 g/mol. The Hall–Kier alpha value is -3.22. The molecule has 6 nitrogen and oxygen atoms in total. The van der Waals surface area contributed by atoms with Crippen molar-refractivity contribution < 1.29 is 24.5 Å². The Morgan fingerprint density at radius 3 is 1.35 bits per heavy atom. The van der Waals surface area contributed by atoms with E-state index >= 15 is 0 Å². The summed E-state index contributed by atoms with van der Waals surface area (Å²) in [5, 5.41) is 23.9. The summed E-state index contributed by atoms with van der Waals surface area (Å²) >= 11 is 0. The van der Waals surface area contributed by atoms with Crippen LogP contribution in [-0.4, -0.2) is 46.9 Å². The third-order valence-corrected chi connectivity index (χ3v) is 12.6. The summed E-state index contributed by atoms with van der Waals surface area (Å²) in [5.41, 5.74) is 0. The maximum Gasteiger partial charge on any atom is 0.306 e. The van der Waals surface area contributed by atoms with Crippen LogP contribution in [0, 0.1) is 0 Å². The van der Waals surface area contributed by atoms with Gasteiger partial charge in [0, 0.05) is 6.42 Å². The number of aliphatic hydroxyl groups is 2. The summed E-state index contributed by atoms with van der Waals surface area (Å²) in [5.74, 6) is -0.533. The summed E-state index contributed by atoms with van der Waals surface area (Å²) in [7, 11) is 0. The highest BCUT2D eigenvalue weighted by Gasteiger charge is 2.24. The SMILES string of the molecule is CC\C=C/C=C/C=C/C=C\C=C\C=C\CCCCCC(=O)OC(CCCCCCCCC/C=C\C/C=C\CCCCC)CC(=O)NC(CO)C(O)CCCCCCCCCCCCCCCCC. The first kappa shape index (κ1) is 64.8. The second-order valence-electron chi connectivity index (χ2n) is 19.1. The van der Waals surface area contributed by atoms with Crippen molar-refractivity contribution in [3.8, 4) is 0 Å². The Morgan fingerprint density at radius 2 is 0.853 bits per heavy atom. The highest BCUT2D eigenvalue weighted by atomic mass is 16.5. The molecule has 0 saturated carbocycles. The summed E-state index contributed by atoms with van der Waals surface area (Å²) in [6.45, 7) is 6.32. The number of carbonyl (C=O) groups is 2. The van der Waals surface area contributed by atoms with Crippen LogP contribution in [0.2, 0.25) is 0 Å². The summed E-state index contributed by atoms with van der Waals surface area (Å²) < 4.78 is 5.94. The van der Waals surface area contributed by atoms with Crippen LogP contribution in [0.25, 0.3) is 0 Å². The summed E-state index contributed by atoms with van der Waals surface area (Å²) in [4.78, 5) is 26.3. The van der Waals surface area contributed by atoms with E-state index in [9.17, 15) is 19.8 Å². The zero-order valence-corrected chi connectivity index (χ0v) is 44.5. The highest BCUT2D eigenvalue weighted by Crippen LogP contribution is 2.18. The van der Waals surface area contributed by atoms with E-state index in [1.165, 1.54) is 128 Å². The van der Waals surface area contributed by atoms with Crippen molar-refractivity contribution in [1.29, 1.82) is 0 Å². The minimum Gasteiger partial charge on any atom is -0.462 e. The van der Waals surface area contributed by atoms with Crippen molar-refractivity contribution in [1.82, 2.24) is 5.32 Å². The maximum absolute atomic E-state index is 13.3. The highest BCUT2D eigenvalue weighted by molar-refractivity contribution is 5.77. The van der Waals surface area contributed by atoms with Crippen molar-refractivity contribution in [3.05, 3.63) is 97.2 Å². The summed E-state index contributed by atoms with van der Waals surface area (Å²) in [6.07, 6.45) is 73.2. The van der Waals surface area contributed by atoms with E-state index in [0.717, 1.165) is 83.5 Å². The predicted molar refractivity (Wildman–Crippen MR) is 296 cm³/mol. The molecule has 0 aromatic heterocycles. The van der Waals surface area contributed by atoms with Gasteiger partial charge in [0.1, 0.15) is 6.10 Å². The minimum absolute atomic E-state index is 0.0492. The first-order valence-electron chi connectivity index (χ1n) is 28.5. The van der Waals surface area contributed by atoms with Gasteiger partial charge in [0.25, 0.3) is 0 Å². The second kappa shape index (κ2) is 54.7. The molecule has 0 saturated heterocycles. The number of esters is 1. The molecule has 3 unspecified atom stereocenters. The van der Waals surface area contributed by atoms with Gasteiger partial charge >= 0.3 is 5.97 Å². The van der Waals surface area contributed by atoms with Crippen LogP contribution in [0.1, 0.15) is 258 Å². The Kier molecular flexibility index (Phi) is 52.1. The molecule has 0 fully saturated rings. The molecule has 68 heavy (non-hydrogen) atoms. The third kappa shape index (κ3) is 49.2. The quantitative estimate of drug-likeness (QED) is 0.0244. The zero-order chi connectivity index (χ0) is 49.5. The largest absolute Gasteiger partial charge is 0.462 e. The number of ether oxygens (including phenoxy) is 1. The van der Waals surface area contributed by atoms with Crippen molar-refractivity contribution in [2.45, 2.75) is 277 Å². The summed E-state index contributed by atoms with van der Waals surface area (Å²) in [6, 6.07) is -0.720. The maximum atomic E-state index is 13.3. The van der Waals surface area contributed by atoms with Crippen molar-refractivity contribution >= 4 is 11.9 Å². The number of hydrogen-bond donors (Lipinski definition) is 3. The molecular weight excluding hydrogens is 839 g/mol. The number of rotatable bonds is 50. The molecule has 0 aliphatic carbocycles. The van der Waals surface area contributed by atoms with Gasteiger partial charge in [-0.3, -0.25) is 9.59 Å². The number of amides is 1. The van der Waals surface area contributed by atoms with Crippen molar-refractivity contribution in [2.24, 2.45) is 0 Å². The van der Waals surface area contributed by atoms with E-state index < -0.39 is 18.2 Å². The van der Waals surface area contributed by atoms with Gasteiger partial charge in [-0.05, 0) is 77.0 Å². The molecule has 0 aromatic rings. The lowest BCUT2D eigenvalue weighted by molar-refractivity contribution is -0.151. The van der Waals surface area contributed by atoms with Crippen LogP contribution in [0.5, 0.6) is 0 Å². The Labute approximate surface area is 420 Å². The van der Waals surface area contributed by atoms with E-state index in [1.807, 2.05) is 48.6 Å². The first-order valence-corrected chi connectivity index (χ1v) is 28.5. The van der Waals surface area contributed by atoms with Crippen LogP contribution in [0.4, 0.5) is 0 Å². The zero-order valence-electron chi connectivity index (χ0n) is 44.5. The van der Waals surface area contributed by atoms with E-state index in [2.05, 4.69) is 74.7 Å². The lowest BCUT2D eigenvalue weighted by atomic mass is 10.0. The minimum atomic E-state index is -0.805. The van der Waals surface area contributed by atoms with Gasteiger partial charge in [0.15, 0.2) is 0 Å². The number of carbonyl (C=O) groups excluding carboxylic acids is 2. The average Bonchev–Trinajstić information content (AvgIpc) is 3.33. The molecule has 0 aromatic carbocycles. The molecule has 0 rings (SSSR count). The molecule has 1 amide bonds. The van der Waals surface area contributed by atoms with Gasteiger partial charge in [-0.1, -0.05) is 266 Å². The Morgan fingerprint density at radius 1 is 0.456 bits per heavy atom. The van der Waals surface area contributed by atoms with Gasteiger partial charge in [0.2, 0.25) is 5.91 Å². The fraction of sp³-hybridized carbons (Fsp3) is 0.710. The van der Waals surface area contributed by atoms with Crippen LogP contribution in [0.15, 0.2) is 97.2 Å². The van der Waals surface area contributed by atoms with Crippen LogP contribution in [-0.2, 0) is 14.3 Å². The Bertz CT molecular complexity index is 1340. The topological polar surface area (TPSA) is 95.9 Å². The smallest absolute Gasteiger partial charge is 0.306 e. The second-order valence-corrected chi connectivity index (χ2v) is 19.1. The average molecular weight is 947 g/mol. The van der Waals surface area contributed by atoms with E-state index in [0.29, 0.717) is 19.3 Å². The molecule has 390 valence electrons. The van der Waals surface area contributed by atoms with Crippen molar-refractivity contribution in [2.75, 3.05) is 6.61 Å². The lowest BCUT2D eigenvalue weighted by Crippen LogP contribution is -2.46. The number of nitrogens with one attached hydrogen (secondary N) is 1. The normalized spacial score (nSPS) is 13.9. The van der Waals surface area contributed by atoms with E-state index in [1.54, 1.807) is 0 Å². The fourth-order valence-corrected chi connectivity index (χ4v) is 8.26. The number of unbranched alkanes of at least 4 members (excludes halogenated alkanes) is 27. The van der Waals surface area contributed by atoms with Gasteiger partial charge in [-0.2, -0.15) is 0 Å². The van der Waals surface area contributed by atoms with Gasteiger partial charge in [-0.15, -0.1) is 0 Å². The molecule has 0 heterocycles. The molecular formula is C62H107NO5. The molecule has 0 spiro atoms. The van der Waals surface area contributed by atoms with Gasteiger partial charge < -0.3 is 20.3 Å². The molecule has 0 bridgehead atoms. The van der Waals surface area contributed by atoms with Gasteiger partial charge in [-0.25, -0.2) is 0 Å². The van der Waals surface area contributed by atoms with Crippen molar-refractivity contribution in [3.63, 3.8) is 0 Å². The van der Waals surface area contributed by atoms with Crippen LogP contribution < -0.4 is 5.32 Å². The first-order chi connectivity index (χ1) is 33.5. The van der Waals surface area contributed by atoms with Crippen LogP contribution in [0.3, 0.4) is 0 Å². The molecule has 0 aliphatic rings. The number of aliphatic hydroxyl groups excluding tert-OH is 2. The molecule has 6 heteroatoms. The lowest BCUT2D eigenvalue weighted by Gasteiger charge is -2.24. The molecule has 3 N–H and O–H groups in total. The standard InChI is InChI=1S/C62H107NO5/c1-4-7-10-13-16-19-22-25-28-30-33-35-38-41-44-47-50-53-58(68-62(67)55-52-49-46-43-40-37-34-31-29-26-23-20-17-14-11-8-5-2)56-61(66)63-59(57-64)60(65)54-51-48-45-42-39-36-32-27-24-21-18-15-12-9-6-3/h8,11,14,16-17,19-20,23,25-26,28-29,31,34,37,40,58-60,64-65H,4-7,9-10,12-13,15,18,21-22,24,27,30,32-33,35-36,38-39,41-57H2,1-3H3,(H,63,66)/b11-8-,17-14+,19-16-,23-20+,28-25-,29-26-,34-31+,40-37+. The number of allylic oxidation sites excluding steroid dienone is 16. The van der Waals surface area contributed by atoms with Crippen LogP contribution >= 0.6 is 0 Å². The predicted octanol–water partition coefficient (Wildman–Crippen LogP) is 17.7. The Balaban J connectivity index is 4.69. The molecule has 0 radical (unpaired) electrons. The third-order valence-electron chi connectivity index (χ3n) is 12.6. The van der Waals surface area contributed by atoms with E-state index in [-0.39, 0.29) is 24.9 Å². The van der Waals surface area contributed by atoms with Gasteiger partial charge in [0.05, 0.1) is 25.2 Å². The molecule has 0 aliphatic heterocycles. The van der Waals surface area contributed by atoms with E-state index in [4.69, 9.17) is 4.74 Å². The molecule has 3 atom stereocenters. The number of hydrogen-bond acceptors (Lipinski definition) is 5. The fourth-order valence-electron chi connectivity index (χ4n) is 8.26.